The number of ether oxygens (including phenoxy) is 1. The van der Waals surface area contributed by atoms with Gasteiger partial charge in [-0.25, -0.2) is 4.39 Å². The lowest BCUT2D eigenvalue weighted by Crippen LogP contribution is -2.50. The molecular weight excluding hydrogens is 380 g/mol. The lowest BCUT2D eigenvalue weighted by molar-refractivity contribution is -0.132. The molecule has 2 aliphatic rings. The van der Waals surface area contributed by atoms with Crippen molar-refractivity contribution >= 4 is 30.7 Å². The Balaban J connectivity index is 0.00000169. The van der Waals surface area contributed by atoms with E-state index >= 15 is 0 Å². The second-order valence-corrected chi connectivity index (χ2v) is 6.69. The summed E-state index contributed by atoms with van der Waals surface area (Å²) in [5.74, 6) is 1.43. The van der Waals surface area contributed by atoms with Crippen molar-refractivity contribution in [3.63, 3.8) is 0 Å². The van der Waals surface area contributed by atoms with E-state index in [-0.39, 0.29) is 36.5 Å². The Bertz CT molecular complexity index is 580. The molecule has 1 aromatic rings. The highest BCUT2D eigenvalue weighted by Gasteiger charge is 2.23. The number of carbonyl (C=O) groups excluding carboxylic acids is 1. The van der Waals surface area contributed by atoms with Gasteiger partial charge in [0.2, 0.25) is 5.91 Å². The summed E-state index contributed by atoms with van der Waals surface area (Å²) in [6.45, 7) is 5.09. The van der Waals surface area contributed by atoms with E-state index in [9.17, 15) is 9.18 Å². The fourth-order valence-corrected chi connectivity index (χ4v) is 3.08. The van der Waals surface area contributed by atoms with Gasteiger partial charge in [-0.15, -0.1) is 24.8 Å². The third kappa shape index (κ3) is 6.58. The molecule has 8 heteroatoms. The van der Waals surface area contributed by atoms with E-state index in [1.54, 1.807) is 13.2 Å². The van der Waals surface area contributed by atoms with Gasteiger partial charge in [0.05, 0.1) is 13.7 Å². The molecule has 0 radical (unpaired) electrons. The van der Waals surface area contributed by atoms with Gasteiger partial charge >= 0.3 is 0 Å². The quantitative estimate of drug-likeness (QED) is 0.752. The van der Waals surface area contributed by atoms with Crippen LogP contribution in [-0.2, 0) is 11.3 Å². The molecule has 1 aliphatic heterocycles. The summed E-state index contributed by atoms with van der Waals surface area (Å²) >= 11 is 0. The average molecular weight is 408 g/mol. The first kappa shape index (κ1) is 23.0. The van der Waals surface area contributed by atoms with Gasteiger partial charge in [-0.05, 0) is 43.5 Å². The van der Waals surface area contributed by atoms with Crippen LogP contribution in [0.1, 0.15) is 18.4 Å². The molecule has 0 unspecified atom stereocenters. The van der Waals surface area contributed by atoms with Gasteiger partial charge in [0.15, 0.2) is 0 Å². The van der Waals surface area contributed by atoms with Crippen molar-refractivity contribution < 1.29 is 13.9 Å². The van der Waals surface area contributed by atoms with Crippen molar-refractivity contribution in [3.8, 4) is 5.75 Å². The summed E-state index contributed by atoms with van der Waals surface area (Å²) in [5, 5.41) is 3.25. The highest BCUT2D eigenvalue weighted by atomic mass is 35.5. The van der Waals surface area contributed by atoms with Crippen molar-refractivity contribution in [2.45, 2.75) is 19.4 Å². The van der Waals surface area contributed by atoms with Gasteiger partial charge in [0, 0.05) is 38.3 Å². The lowest BCUT2D eigenvalue weighted by atomic mass is 10.1. The fourth-order valence-electron chi connectivity index (χ4n) is 3.08. The minimum absolute atomic E-state index is 0. The second-order valence-electron chi connectivity index (χ2n) is 6.69. The Morgan fingerprint density at radius 2 is 1.92 bits per heavy atom. The molecule has 3 rings (SSSR count). The van der Waals surface area contributed by atoms with Gasteiger partial charge in [-0.2, -0.15) is 0 Å². The van der Waals surface area contributed by atoms with Gasteiger partial charge in [0.1, 0.15) is 11.6 Å². The molecule has 1 N–H and O–H groups in total. The highest BCUT2D eigenvalue weighted by Crippen LogP contribution is 2.27. The molecule has 2 fully saturated rings. The predicted molar refractivity (Wildman–Crippen MR) is 105 cm³/mol. The van der Waals surface area contributed by atoms with Crippen molar-refractivity contribution in [3.05, 3.63) is 29.6 Å². The third-order valence-electron chi connectivity index (χ3n) is 4.77. The van der Waals surface area contributed by atoms with Crippen molar-refractivity contribution in [2.24, 2.45) is 5.92 Å². The Morgan fingerprint density at radius 1 is 1.23 bits per heavy atom. The van der Waals surface area contributed by atoms with Crippen LogP contribution in [-0.4, -0.2) is 62.1 Å². The number of hydrogen-bond donors (Lipinski definition) is 1. The molecule has 148 valence electrons. The van der Waals surface area contributed by atoms with Gasteiger partial charge < -0.3 is 15.0 Å². The van der Waals surface area contributed by atoms with Crippen LogP contribution in [0.4, 0.5) is 4.39 Å². The summed E-state index contributed by atoms with van der Waals surface area (Å²) in [7, 11) is 1.60. The van der Waals surface area contributed by atoms with E-state index in [4.69, 9.17) is 4.74 Å². The monoisotopic (exact) mass is 407 g/mol. The number of hydrogen-bond acceptors (Lipinski definition) is 4. The number of carbonyl (C=O) groups is 1. The van der Waals surface area contributed by atoms with Crippen LogP contribution in [0.15, 0.2) is 18.2 Å². The molecule has 0 atom stereocenters. The van der Waals surface area contributed by atoms with Gasteiger partial charge in [0.25, 0.3) is 0 Å². The van der Waals surface area contributed by atoms with Crippen LogP contribution < -0.4 is 10.1 Å². The number of benzene rings is 1. The number of halogens is 3. The molecule has 0 aromatic heterocycles. The minimum atomic E-state index is -0.249. The van der Waals surface area contributed by atoms with Crippen LogP contribution in [0.3, 0.4) is 0 Å². The Hall–Kier alpha value is -1.08. The maximum atomic E-state index is 13.5. The Kier molecular flexibility index (Phi) is 9.64. The molecule has 1 heterocycles. The van der Waals surface area contributed by atoms with E-state index in [1.165, 1.54) is 25.0 Å². The molecule has 0 spiro atoms. The molecule has 1 saturated heterocycles. The average Bonchev–Trinajstić information content (AvgIpc) is 3.40. The summed E-state index contributed by atoms with van der Waals surface area (Å²) < 4.78 is 18.8. The summed E-state index contributed by atoms with van der Waals surface area (Å²) in [4.78, 5) is 16.3. The zero-order chi connectivity index (χ0) is 16.9. The number of amides is 1. The minimum Gasteiger partial charge on any atom is -0.496 e. The standard InChI is InChI=1S/C18H26FN3O2.2ClH/c1-24-17-5-4-16(19)10-15(17)13-21-6-8-22(9-7-21)18(23)12-20-11-14-2-3-14;;/h4-5,10,14,20H,2-3,6-9,11-13H2,1H3;2*1H. The molecule has 1 aliphatic carbocycles. The number of piperazine rings is 1. The first-order chi connectivity index (χ1) is 11.7. The fraction of sp³-hybridized carbons (Fsp3) is 0.611. The maximum absolute atomic E-state index is 13.5. The summed E-state index contributed by atoms with van der Waals surface area (Å²) in [6.07, 6.45) is 2.59. The Morgan fingerprint density at radius 3 is 2.54 bits per heavy atom. The molecule has 1 saturated carbocycles. The number of methoxy groups -OCH3 is 1. The topological polar surface area (TPSA) is 44.8 Å². The highest BCUT2D eigenvalue weighted by molar-refractivity contribution is 5.85. The SMILES string of the molecule is COc1ccc(F)cc1CN1CCN(C(=O)CNCC2CC2)CC1.Cl.Cl. The number of nitrogens with zero attached hydrogens (tertiary/aromatic N) is 2. The normalized spacial score (nSPS) is 17.2. The lowest BCUT2D eigenvalue weighted by Gasteiger charge is -2.35. The molecular formula is C18H28Cl2FN3O2. The van der Waals surface area contributed by atoms with Crippen LogP contribution in [0.25, 0.3) is 0 Å². The molecule has 26 heavy (non-hydrogen) atoms. The van der Waals surface area contributed by atoms with Gasteiger partial charge in [-0.1, -0.05) is 0 Å². The van der Waals surface area contributed by atoms with Crippen LogP contribution in [0.5, 0.6) is 5.75 Å². The molecule has 0 bridgehead atoms. The second kappa shape index (κ2) is 10.9. The maximum Gasteiger partial charge on any atom is 0.236 e. The van der Waals surface area contributed by atoms with Crippen LogP contribution in [0.2, 0.25) is 0 Å². The van der Waals surface area contributed by atoms with E-state index in [0.29, 0.717) is 18.8 Å². The molecule has 1 aromatic carbocycles. The largest absolute Gasteiger partial charge is 0.496 e. The number of nitrogens with one attached hydrogen (secondary N) is 1. The van der Waals surface area contributed by atoms with Gasteiger partial charge in [-0.3, -0.25) is 9.69 Å². The first-order valence-electron chi connectivity index (χ1n) is 8.69. The van der Waals surface area contributed by atoms with Crippen molar-refractivity contribution in [1.29, 1.82) is 0 Å². The van der Waals surface area contributed by atoms with E-state index in [2.05, 4.69) is 10.2 Å². The van der Waals surface area contributed by atoms with Crippen molar-refractivity contribution in [1.82, 2.24) is 15.1 Å². The number of rotatable bonds is 7. The van der Waals surface area contributed by atoms with E-state index in [0.717, 1.165) is 44.2 Å². The third-order valence-corrected chi connectivity index (χ3v) is 4.77. The zero-order valence-electron chi connectivity index (χ0n) is 15.1. The Labute approximate surface area is 167 Å². The predicted octanol–water partition coefficient (Wildman–Crippen LogP) is 2.32. The van der Waals surface area contributed by atoms with Crippen LogP contribution in [0, 0.1) is 11.7 Å². The van der Waals surface area contributed by atoms with E-state index < -0.39 is 0 Å². The van der Waals surface area contributed by atoms with E-state index in [1.807, 2.05) is 4.90 Å². The van der Waals surface area contributed by atoms with Crippen LogP contribution >= 0.6 is 24.8 Å². The molecule has 5 nitrogen and oxygen atoms in total. The molecule has 1 amide bonds. The zero-order valence-corrected chi connectivity index (χ0v) is 16.7. The first-order valence-corrected chi connectivity index (χ1v) is 8.69. The summed E-state index contributed by atoms with van der Waals surface area (Å²) in [6, 6.07) is 4.60. The summed E-state index contributed by atoms with van der Waals surface area (Å²) in [5.41, 5.74) is 0.850. The smallest absolute Gasteiger partial charge is 0.236 e. The van der Waals surface area contributed by atoms with Crippen molar-refractivity contribution in [2.75, 3.05) is 46.4 Å².